The predicted molar refractivity (Wildman–Crippen MR) is 86.7 cm³/mol. The van der Waals surface area contributed by atoms with Crippen molar-refractivity contribution in [1.82, 2.24) is 0 Å². The van der Waals surface area contributed by atoms with E-state index in [2.05, 4.69) is 30.3 Å². The van der Waals surface area contributed by atoms with E-state index in [0.29, 0.717) is 5.92 Å². The van der Waals surface area contributed by atoms with Gasteiger partial charge in [-0.1, -0.05) is 36.4 Å². The lowest BCUT2D eigenvalue weighted by Gasteiger charge is -2.32. The minimum Gasteiger partial charge on any atom is -0.253 e. The predicted octanol–water partition coefficient (Wildman–Crippen LogP) is 4.33. The molecule has 4 heteroatoms. The lowest BCUT2D eigenvalue weighted by molar-refractivity contribution is 0.387. The number of thiophene rings is 1. The zero-order valence-electron chi connectivity index (χ0n) is 11.6. The van der Waals surface area contributed by atoms with E-state index >= 15 is 0 Å². The second-order valence-electron chi connectivity index (χ2n) is 5.42. The molecule has 1 aliphatic carbocycles. The van der Waals surface area contributed by atoms with Crippen LogP contribution >= 0.6 is 11.3 Å². The fourth-order valence-corrected chi connectivity index (χ4v) is 5.85. The third-order valence-corrected chi connectivity index (χ3v) is 7.24. The van der Waals surface area contributed by atoms with Crippen molar-refractivity contribution in [3.05, 3.63) is 53.4 Å². The van der Waals surface area contributed by atoms with Crippen molar-refractivity contribution in [2.75, 3.05) is 0 Å². The zero-order valence-corrected chi connectivity index (χ0v) is 13.3. The molecule has 0 bridgehead atoms. The molecule has 4 atom stereocenters. The first-order valence-corrected chi connectivity index (χ1v) is 9.27. The molecule has 0 aliphatic heterocycles. The van der Waals surface area contributed by atoms with Crippen molar-refractivity contribution in [2.24, 2.45) is 5.92 Å². The van der Waals surface area contributed by atoms with Gasteiger partial charge in [0.15, 0.2) is 0 Å². The van der Waals surface area contributed by atoms with Crippen molar-refractivity contribution in [3.63, 3.8) is 0 Å². The van der Waals surface area contributed by atoms with Crippen LogP contribution in [0.2, 0.25) is 0 Å². The van der Waals surface area contributed by atoms with E-state index in [9.17, 15) is 9.47 Å². The minimum absolute atomic E-state index is 0.0485. The molecule has 1 fully saturated rings. The van der Waals surface area contributed by atoms with Crippen LogP contribution in [0.1, 0.15) is 30.7 Å². The summed E-state index contributed by atoms with van der Waals surface area (Å²) in [5.41, 5.74) is 1.31. The van der Waals surface area contributed by atoms with Gasteiger partial charge in [-0.25, -0.2) is 0 Å². The van der Waals surface area contributed by atoms with Gasteiger partial charge < -0.3 is 0 Å². The molecule has 2 nitrogen and oxygen atoms in total. The van der Waals surface area contributed by atoms with Gasteiger partial charge >= 0.3 is 0 Å². The van der Waals surface area contributed by atoms with E-state index in [0.717, 1.165) is 23.5 Å². The summed E-state index contributed by atoms with van der Waals surface area (Å²) in [4.78, 5) is 0. The molecule has 1 saturated carbocycles. The van der Waals surface area contributed by atoms with Crippen LogP contribution in [0.15, 0.2) is 52.1 Å². The Kier molecular flexibility index (Phi) is 4.52. The topological polar surface area (TPSA) is 40.9 Å². The van der Waals surface area contributed by atoms with E-state index in [1.165, 1.54) is 16.9 Å². The average Bonchev–Trinajstić information content (AvgIpc) is 3.09. The van der Waals surface area contributed by atoms with Crippen molar-refractivity contribution >= 4 is 22.1 Å². The molecule has 0 radical (unpaired) electrons. The molecule has 2 aromatic rings. The third-order valence-electron chi connectivity index (χ3n) is 4.20. The van der Waals surface area contributed by atoms with Gasteiger partial charge in [-0.05, 0) is 42.2 Å². The Hall–Kier alpha value is -1.44. The SMILES string of the molecule is N#CC1CCC(c2ccccc2)CC1S(=O)c1cccs1. The van der Waals surface area contributed by atoms with Crippen LogP contribution in [0.3, 0.4) is 0 Å². The number of rotatable bonds is 3. The highest BCUT2D eigenvalue weighted by Gasteiger charge is 2.35. The van der Waals surface area contributed by atoms with Gasteiger partial charge in [-0.15, -0.1) is 11.3 Å². The monoisotopic (exact) mass is 315 g/mol. The molecule has 0 spiro atoms. The number of hydrogen-bond donors (Lipinski definition) is 0. The largest absolute Gasteiger partial charge is 0.253 e. The first kappa shape index (κ1) is 14.5. The van der Waals surface area contributed by atoms with Gasteiger partial charge in [0.05, 0.1) is 32.2 Å². The fourth-order valence-electron chi connectivity index (χ4n) is 3.07. The summed E-state index contributed by atoms with van der Waals surface area (Å²) < 4.78 is 13.7. The van der Waals surface area contributed by atoms with Crippen LogP contribution in [-0.2, 0) is 10.8 Å². The first-order valence-electron chi connectivity index (χ1n) is 7.18. The Morgan fingerprint density at radius 3 is 2.62 bits per heavy atom. The Morgan fingerprint density at radius 1 is 1.14 bits per heavy atom. The van der Waals surface area contributed by atoms with Gasteiger partial charge in [-0.2, -0.15) is 5.26 Å². The van der Waals surface area contributed by atoms with Gasteiger partial charge in [-0.3, -0.25) is 4.21 Å². The molecule has 108 valence electrons. The Balaban J connectivity index is 1.83. The maximum Gasteiger partial charge on any atom is 0.0913 e. The van der Waals surface area contributed by atoms with Crippen molar-refractivity contribution < 1.29 is 4.21 Å². The Morgan fingerprint density at radius 2 is 1.95 bits per heavy atom. The molecule has 21 heavy (non-hydrogen) atoms. The number of nitrogens with zero attached hydrogens (tertiary/aromatic N) is 1. The van der Waals surface area contributed by atoms with Crippen molar-refractivity contribution in [1.29, 1.82) is 5.26 Å². The summed E-state index contributed by atoms with van der Waals surface area (Å²) >= 11 is 1.52. The smallest absolute Gasteiger partial charge is 0.0913 e. The van der Waals surface area contributed by atoms with Crippen LogP contribution in [0.5, 0.6) is 0 Å². The molecule has 4 unspecified atom stereocenters. The summed E-state index contributed by atoms with van der Waals surface area (Å²) in [6.45, 7) is 0. The lowest BCUT2D eigenvalue weighted by atomic mass is 9.79. The summed E-state index contributed by atoms with van der Waals surface area (Å²) in [7, 11) is -1.07. The zero-order chi connectivity index (χ0) is 14.7. The molecule has 1 aromatic carbocycles. The quantitative estimate of drug-likeness (QED) is 0.846. The molecule has 0 N–H and O–H groups in total. The Bertz CT molecular complexity index is 645. The Labute approximate surface area is 131 Å². The molecule has 1 heterocycles. The molecule has 0 saturated heterocycles. The van der Waals surface area contributed by atoms with E-state index < -0.39 is 10.8 Å². The highest BCUT2D eigenvalue weighted by Crippen LogP contribution is 2.39. The second kappa shape index (κ2) is 6.55. The number of nitriles is 1. The summed E-state index contributed by atoms with van der Waals surface area (Å²) in [5, 5.41) is 11.3. The molecular formula is C17H17NOS2. The number of benzene rings is 1. The molecule has 3 rings (SSSR count). The van der Waals surface area contributed by atoms with Crippen LogP contribution in [0.25, 0.3) is 0 Å². The highest BCUT2D eigenvalue weighted by molar-refractivity contribution is 7.87. The maximum absolute atomic E-state index is 12.8. The minimum atomic E-state index is -1.07. The van der Waals surface area contributed by atoms with Crippen molar-refractivity contribution in [2.45, 2.75) is 34.6 Å². The van der Waals surface area contributed by atoms with Crippen LogP contribution in [0, 0.1) is 17.2 Å². The second-order valence-corrected chi connectivity index (χ2v) is 8.27. The molecule has 1 aromatic heterocycles. The fraction of sp³-hybridized carbons (Fsp3) is 0.353. The molecule has 1 aliphatic rings. The van der Waals surface area contributed by atoms with Crippen LogP contribution in [-0.4, -0.2) is 9.46 Å². The normalized spacial score (nSPS) is 26.9. The van der Waals surface area contributed by atoms with E-state index in [-0.39, 0.29) is 11.2 Å². The molecular weight excluding hydrogens is 298 g/mol. The van der Waals surface area contributed by atoms with Gasteiger partial charge in [0, 0.05) is 0 Å². The summed E-state index contributed by atoms with van der Waals surface area (Å²) in [5.74, 6) is 0.331. The van der Waals surface area contributed by atoms with E-state index in [4.69, 9.17) is 0 Å². The average molecular weight is 315 g/mol. The van der Waals surface area contributed by atoms with Crippen molar-refractivity contribution in [3.8, 4) is 6.07 Å². The van der Waals surface area contributed by atoms with Gasteiger partial charge in [0.25, 0.3) is 0 Å². The number of hydrogen-bond acceptors (Lipinski definition) is 3. The molecule has 0 amide bonds. The lowest BCUT2D eigenvalue weighted by Crippen LogP contribution is -2.31. The summed E-state index contributed by atoms with van der Waals surface area (Å²) in [6.07, 6.45) is 2.70. The highest BCUT2D eigenvalue weighted by atomic mass is 32.2. The van der Waals surface area contributed by atoms with Gasteiger partial charge in [0.1, 0.15) is 0 Å². The van der Waals surface area contributed by atoms with Crippen LogP contribution in [0.4, 0.5) is 0 Å². The third kappa shape index (κ3) is 3.09. The maximum atomic E-state index is 12.8. The van der Waals surface area contributed by atoms with Crippen LogP contribution < -0.4 is 0 Å². The van der Waals surface area contributed by atoms with Gasteiger partial charge in [0.2, 0.25) is 0 Å². The standard InChI is InChI=1S/C17H17NOS2/c18-12-15-9-8-14(13-5-2-1-3-6-13)11-16(15)21(19)17-7-4-10-20-17/h1-7,10,14-16H,8-9,11H2. The summed E-state index contributed by atoms with van der Waals surface area (Å²) in [6, 6.07) is 16.6. The van der Waals surface area contributed by atoms with E-state index in [1.54, 1.807) is 0 Å². The first-order chi connectivity index (χ1) is 10.3. The van der Waals surface area contributed by atoms with E-state index in [1.807, 2.05) is 23.6 Å².